The van der Waals surface area contributed by atoms with Gasteiger partial charge in [-0.3, -0.25) is 9.10 Å². The van der Waals surface area contributed by atoms with Gasteiger partial charge in [0.25, 0.3) is 15.9 Å². The molecule has 0 aliphatic carbocycles. The Morgan fingerprint density at radius 2 is 1.68 bits per heavy atom. The van der Waals surface area contributed by atoms with Crippen molar-refractivity contribution in [1.29, 1.82) is 0 Å². The molecular weight excluding hydrogens is 550 g/mol. The van der Waals surface area contributed by atoms with Gasteiger partial charge >= 0.3 is 0 Å². The predicted octanol–water partition coefficient (Wildman–Crippen LogP) is 5.83. The van der Waals surface area contributed by atoms with Crippen molar-refractivity contribution >= 4 is 39.4 Å². The number of methoxy groups -OCH3 is 2. The first-order valence-corrected chi connectivity index (χ1v) is 14.0. The van der Waals surface area contributed by atoms with Crippen LogP contribution in [0.15, 0.2) is 101 Å². The van der Waals surface area contributed by atoms with Crippen molar-refractivity contribution in [3.05, 3.63) is 118 Å². The minimum atomic E-state index is -3.91. The number of hydrogen-bond acceptors (Lipinski definition) is 6. The van der Waals surface area contributed by atoms with Crippen molar-refractivity contribution in [1.82, 2.24) is 5.43 Å². The molecule has 0 saturated heterocycles. The van der Waals surface area contributed by atoms with Gasteiger partial charge in [0.2, 0.25) is 0 Å². The fourth-order valence-electron chi connectivity index (χ4n) is 3.95. The van der Waals surface area contributed by atoms with Crippen LogP contribution in [0.2, 0.25) is 5.02 Å². The van der Waals surface area contributed by atoms with Gasteiger partial charge in [-0.2, -0.15) is 5.10 Å². The summed E-state index contributed by atoms with van der Waals surface area (Å²) in [5.74, 6) is 0.764. The Kier molecular flexibility index (Phi) is 9.08. The van der Waals surface area contributed by atoms with Gasteiger partial charge < -0.3 is 9.47 Å². The monoisotopic (exact) mass is 577 g/mol. The van der Waals surface area contributed by atoms with E-state index in [1.807, 2.05) is 6.92 Å². The zero-order valence-electron chi connectivity index (χ0n) is 22.2. The smallest absolute Gasteiger partial charge is 0.271 e. The van der Waals surface area contributed by atoms with Crippen molar-refractivity contribution < 1.29 is 22.7 Å². The lowest BCUT2D eigenvalue weighted by molar-refractivity contribution is 0.0955. The van der Waals surface area contributed by atoms with E-state index in [2.05, 4.69) is 10.5 Å². The van der Waals surface area contributed by atoms with E-state index in [0.717, 1.165) is 5.56 Å². The van der Waals surface area contributed by atoms with Crippen LogP contribution in [-0.4, -0.2) is 34.8 Å². The van der Waals surface area contributed by atoms with E-state index in [-0.39, 0.29) is 11.4 Å². The SMILES string of the molecule is COc1ccc(/C=N\NC(=O)c2ccc(CN(c3cc(Cl)ccc3C)S(=O)(=O)c3ccccc3)cc2)c(OC)c1. The van der Waals surface area contributed by atoms with E-state index in [1.54, 1.807) is 98.1 Å². The average Bonchev–Trinajstić information content (AvgIpc) is 2.98. The minimum Gasteiger partial charge on any atom is -0.497 e. The first kappa shape index (κ1) is 28.7. The summed E-state index contributed by atoms with van der Waals surface area (Å²) in [6, 6.07) is 25.2. The maximum atomic E-state index is 13.7. The van der Waals surface area contributed by atoms with Gasteiger partial charge in [-0.15, -0.1) is 0 Å². The second kappa shape index (κ2) is 12.7. The maximum Gasteiger partial charge on any atom is 0.271 e. The quantitative estimate of drug-likeness (QED) is 0.189. The van der Waals surface area contributed by atoms with Crippen LogP contribution in [0.25, 0.3) is 0 Å². The van der Waals surface area contributed by atoms with E-state index >= 15 is 0 Å². The van der Waals surface area contributed by atoms with Crippen molar-refractivity contribution in [3.63, 3.8) is 0 Å². The van der Waals surface area contributed by atoms with Crippen molar-refractivity contribution in [2.75, 3.05) is 18.5 Å². The maximum absolute atomic E-state index is 13.7. The number of benzene rings is 4. The van der Waals surface area contributed by atoms with E-state index in [9.17, 15) is 13.2 Å². The summed E-state index contributed by atoms with van der Waals surface area (Å²) in [7, 11) is -0.813. The Hall–Kier alpha value is -4.34. The first-order chi connectivity index (χ1) is 19.2. The number of carbonyl (C=O) groups is 1. The molecule has 0 fully saturated rings. The topological polar surface area (TPSA) is 97.3 Å². The number of halogens is 1. The highest BCUT2D eigenvalue weighted by Crippen LogP contribution is 2.31. The molecule has 0 aliphatic rings. The zero-order valence-corrected chi connectivity index (χ0v) is 23.7. The van der Waals surface area contributed by atoms with Crippen LogP contribution in [-0.2, 0) is 16.6 Å². The molecule has 0 spiro atoms. The second-order valence-corrected chi connectivity index (χ2v) is 11.1. The molecule has 0 saturated carbocycles. The molecule has 0 radical (unpaired) electrons. The number of nitrogens with one attached hydrogen (secondary N) is 1. The van der Waals surface area contributed by atoms with Crippen LogP contribution in [0.1, 0.15) is 27.0 Å². The van der Waals surface area contributed by atoms with Gasteiger partial charge in [0.15, 0.2) is 0 Å². The van der Waals surface area contributed by atoms with Gasteiger partial charge in [-0.1, -0.05) is 48.0 Å². The lowest BCUT2D eigenvalue weighted by atomic mass is 10.1. The third-order valence-electron chi connectivity index (χ3n) is 6.12. The number of hydrogen-bond donors (Lipinski definition) is 1. The van der Waals surface area contributed by atoms with Crippen LogP contribution in [0.5, 0.6) is 11.5 Å². The van der Waals surface area contributed by atoms with Gasteiger partial charge in [0.05, 0.1) is 37.6 Å². The summed E-state index contributed by atoms with van der Waals surface area (Å²) < 4.78 is 39.2. The number of aryl methyl sites for hydroxylation is 1. The van der Waals surface area contributed by atoms with Gasteiger partial charge in [0.1, 0.15) is 11.5 Å². The number of sulfonamides is 1. The fraction of sp³-hybridized carbons (Fsp3) is 0.133. The fourth-order valence-corrected chi connectivity index (χ4v) is 5.64. The summed E-state index contributed by atoms with van der Waals surface area (Å²) in [5.41, 5.74) is 5.43. The average molecular weight is 578 g/mol. The molecule has 4 aromatic carbocycles. The summed E-state index contributed by atoms with van der Waals surface area (Å²) in [4.78, 5) is 12.8. The van der Waals surface area contributed by atoms with Crippen molar-refractivity contribution in [2.45, 2.75) is 18.4 Å². The highest BCUT2D eigenvalue weighted by Gasteiger charge is 2.26. The predicted molar refractivity (Wildman–Crippen MR) is 157 cm³/mol. The minimum absolute atomic E-state index is 0.0374. The molecule has 206 valence electrons. The lowest BCUT2D eigenvalue weighted by Crippen LogP contribution is -2.31. The largest absolute Gasteiger partial charge is 0.497 e. The summed E-state index contributed by atoms with van der Waals surface area (Å²) in [6.07, 6.45) is 1.48. The van der Waals surface area contributed by atoms with Crippen LogP contribution in [0, 0.1) is 6.92 Å². The van der Waals surface area contributed by atoms with E-state index < -0.39 is 15.9 Å². The molecular formula is C30H28ClN3O5S. The lowest BCUT2D eigenvalue weighted by Gasteiger charge is -2.26. The van der Waals surface area contributed by atoms with Crippen LogP contribution in [0.4, 0.5) is 5.69 Å². The molecule has 0 heterocycles. The van der Waals surface area contributed by atoms with Crippen LogP contribution < -0.4 is 19.2 Å². The first-order valence-electron chi connectivity index (χ1n) is 12.2. The molecule has 40 heavy (non-hydrogen) atoms. The Morgan fingerprint density at radius 3 is 2.35 bits per heavy atom. The molecule has 0 bridgehead atoms. The van der Waals surface area contributed by atoms with E-state index in [1.165, 1.54) is 17.6 Å². The third-order valence-corrected chi connectivity index (χ3v) is 8.13. The summed E-state index contributed by atoms with van der Waals surface area (Å²) >= 11 is 6.24. The van der Waals surface area contributed by atoms with Crippen LogP contribution in [0.3, 0.4) is 0 Å². The van der Waals surface area contributed by atoms with Crippen molar-refractivity contribution in [2.24, 2.45) is 5.10 Å². The standard InChI is InChI=1S/C30H28ClN3O5S/c1-21-9-15-25(31)17-28(21)34(40(36,37)27-7-5-4-6-8-27)20-22-10-12-23(13-11-22)30(35)33-32-19-24-14-16-26(38-2)18-29(24)39-3/h4-19H,20H2,1-3H3,(H,33,35)/b32-19-. The molecule has 8 nitrogen and oxygen atoms in total. The molecule has 0 atom stereocenters. The normalized spacial score (nSPS) is 11.3. The zero-order chi connectivity index (χ0) is 28.7. The van der Waals surface area contributed by atoms with Gasteiger partial charge in [-0.25, -0.2) is 13.8 Å². The summed E-state index contributed by atoms with van der Waals surface area (Å²) in [5, 5.41) is 4.46. The molecule has 0 unspecified atom stereocenters. The molecule has 4 rings (SSSR count). The Bertz CT molecular complexity index is 1630. The molecule has 10 heteroatoms. The molecule has 0 aromatic heterocycles. The molecule has 1 N–H and O–H groups in total. The Morgan fingerprint density at radius 1 is 0.950 bits per heavy atom. The van der Waals surface area contributed by atoms with Gasteiger partial charge in [0, 0.05) is 22.2 Å². The number of amides is 1. The molecule has 1 amide bonds. The number of rotatable bonds is 10. The molecule has 4 aromatic rings. The van der Waals surface area contributed by atoms with E-state index in [0.29, 0.717) is 38.9 Å². The van der Waals surface area contributed by atoms with Gasteiger partial charge in [-0.05, 0) is 66.6 Å². The highest BCUT2D eigenvalue weighted by atomic mass is 35.5. The number of hydrazone groups is 1. The van der Waals surface area contributed by atoms with E-state index in [4.69, 9.17) is 21.1 Å². The molecule has 0 aliphatic heterocycles. The Balaban J connectivity index is 1.54. The summed E-state index contributed by atoms with van der Waals surface area (Å²) in [6.45, 7) is 1.87. The van der Waals surface area contributed by atoms with Crippen LogP contribution >= 0.6 is 11.6 Å². The third kappa shape index (κ3) is 6.62. The number of carbonyl (C=O) groups excluding carboxylic acids is 1. The second-order valence-electron chi connectivity index (χ2n) is 8.76. The van der Waals surface area contributed by atoms with Crippen molar-refractivity contribution in [3.8, 4) is 11.5 Å². The number of ether oxygens (including phenoxy) is 2. The Labute approximate surface area is 238 Å². The highest BCUT2D eigenvalue weighted by molar-refractivity contribution is 7.92. The number of anilines is 1. The number of nitrogens with zero attached hydrogens (tertiary/aromatic N) is 2.